The van der Waals surface area contributed by atoms with E-state index in [0.29, 0.717) is 5.75 Å². The monoisotopic (exact) mass is 247 g/mol. The van der Waals surface area contributed by atoms with Gasteiger partial charge < -0.3 is 4.74 Å². The number of ether oxygens (including phenoxy) is 1. The lowest BCUT2D eigenvalue weighted by atomic mass is 10.3. The minimum atomic E-state index is -0.500. The Balaban J connectivity index is 2.22. The van der Waals surface area contributed by atoms with Crippen molar-refractivity contribution in [2.45, 2.75) is 0 Å². The average Bonchev–Trinajstić information content (AvgIpc) is 2.39. The number of nitro groups is 1. The highest BCUT2D eigenvalue weighted by Gasteiger charge is 2.07. The first-order chi connectivity index (χ1) is 8.69. The lowest BCUT2D eigenvalue weighted by Gasteiger charge is -2.05. The summed E-state index contributed by atoms with van der Waals surface area (Å²) in [5.74, 6) is 5.89. The third kappa shape index (κ3) is 2.68. The van der Waals surface area contributed by atoms with Gasteiger partial charge in [-0.25, -0.2) is 10.8 Å². The molecule has 0 bridgehead atoms. The maximum atomic E-state index is 10.6. The number of aromatic nitrogens is 2. The molecule has 3 N–H and O–H groups in total. The standard InChI is InChI=1S/C10H9N5O3/c11-14-10-12-5-4-9(13-10)18-8-3-1-2-7(6-8)15(16)17/h1-6H,11H2,(H,12,13,14). The average molecular weight is 247 g/mol. The summed E-state index contributed by atoms with van der Waals surface area (Å²) in [5, 5.41) is 10.6. The van der Waals surface area contributed by atoms with E-state index in [-0.39, 0.29) is 17.5 Å². The van der Waals surface area contributed by atoms with Crippen molar-refractivity contribution in [3.8, 4) is 11.6 Å². The molecule has 0 fully saturated rings. The highest BCUT2D eigenvalue weighted by atomic mass is 16.6. The molecule has 0 saturated heterocycles. The predicted molar refractivity (Wildman–Crippen MR) is 63.0 cm³/mol. The van der Waals surface area contributed by atoms with Crippen LogP contribution in [0.1, 0.15) is 0 Å². The molecule has 0 atom stereocenters. The lowest BCUT2D eigenvalue weighted by molar-refractivity contribution is -0.384. The van der Waals surface area contributed by atoms with E-state index in [4.69, 9.17) is 10.6 Å². The molecular weight excluding hydrogens is 238 g/mol. The van der Waals surface area contributed by atoms with Crippen molar-refractivity contribution in [2.24, 2.45) is 5.84 Å². The first-order valence-corrected chi connectivity index (χ1v) is 4.91. The number of hydrogen-bond acceptors (Lipinski definition) is 7. The molecule has 0 saturated carbocycles. The van der Waals surface area contributed by atoms with Crippen molar-refractivity contribution in [1.82, 2.24) is 9.97 Å². The van der Waals surface area contributed by atoms with Gasteiger partial charge in [-0.2, -0.15) is 4.98 Å². The second kappa shape index (κ2) is 5.06. The molecule has 1 heterocycles. The van der Waals surface area contributed by atoms with Gasteiger partial charge in [0, 0.05) is 18.3 Å². The molecule has 0 aliphatic heterocycles. The van der Waals surface area contributed by atoms with E-state index in [1.54, 1.807) is 6.07 Å². The molecule has 0 unspecified atom stereocenters. The zero-order valence-electron chi connectivity index (χ0n) is 9.11. The summed E-state index contributed by atoms with van der Waals surface area (Å²) in [6.07, 6.45) is 1.45. The lowest BCUT2D eigenvalue weighted by Crippen LogP contribution is -2.10. The second-order valence-corrected chi connectivity index (χ2v) is 3.22. The molecule has 1 aromatic carbocycles. The topological polar surface area (TPSA) is 116 Å². The van der Waals surface area contributed by atoms with E-state index < -0.39 is 4.92 Å². The zero-order valence-corrected chi connectivity index (χ0v) is 9.11. The van der Waals surface area contributed by atoms with Crippen LogP contribution in [0, 0.1) is 10.1 Å². The van der Waals surface area contributed by atoms with Crippen molar-refractivity contribution in [1.29, 1.82) is 0 Å². The molecule has 0 amide bonds. The summed E-state index contributed by atoms with van der Waals surface area (Å²) < 4.78 is 5.36. The zero-order chi connectivity index (χ0) is 13.0. The molecular formula is C10H9N5O3. The summed E-state index contributed by atoms with van der Waals surface area (Å²) in [6.45, 7) is 0. The van der Waals surface area contributed by atoms with E-state index in [0.717, 1.165) is 0 Å². The fraction of sp³-hybridized carbons (Fsp3) is 0. The number of nitrogens with two attached hydrogens (primary N) is 1. The Bertz CT molecular complexity index is 575. The Morgan fingerprint density at radius 2 is 2.22 bits per heavy atom. The largest absolute Gasteiger partial charge is 0.439 e. The molecule has 0 aliphatic rings. The maximum Gasteiger partial charge on any atom is 0.273 e. The van der Waals surface area contributed by atoms with Gasteiger partial charge in [0.15, 0.2) is 0 Å². The van der Waals surface area contributed by atoms with Gasteiger partial charge in [-0.3, -0.25) is 15.5 Å². The highest BCUT2D eigenvalue weighted by molar-refractivity contribution is 5.40. The normalized spacial score (nSPS) is 9.83. The van der Waals surface area contributed by atoms with Gasteiger partial charge in [-0.05, 0) is 6.07 Å². The number of nitrogens with one attached hydrogen (secondary N) is 1. The van der Waals surface area contributed by atoms with Crippen LogP contribution < -0.4 is 16.0 Å². The molecule has 8 nitrogen and oxygen atoms in total. The van der Waals surface area contributed by atoms with Crippen LogP contribution in [0.2, 0.25) is 0 Å². The van der Waals surface area contributed by atoms with Crippen molar-refractivity contribution >= 4 is 11.6 Å². The highest BCUT2D eigenvalue weighted by Crippen LogP contribution is 2.23. The van der Waals surface area contributed by atoms with Crippen LogP contribution in [0.4, 0.5) is 11.6 Å². The van der Waals surface area contributed by atoms with Gasteiger partial charge in [0.2, 0.25) is 11.8 Å². The summed E-state index contributed by atoms with van der Waals surface area (Å²) in [4.78, 5) is 17.8. The molecule has 0 aliphatic carbocycles. The Labute approximate surface area is 102 Å². The summed E-state index contributed by atoms with van der Waals surface area (Å²) in [5.41, 5.74) is 2.22. The van der Waals surface area contributed by atoms with Gasteiger partial charge in [0.25, 0.3) is 5.69 Å². The van der Waals surface area contributed by atoms with Gasteiger partial charge >= 0.3 is 0 Å². The van der Waals surface area contributed by atoms with E-state index in [9.17, 15) is 10.1 Å². The van der Waals surface area contributed by atoms with Gasteiger partial charge in [-0.15, -0.1) is 0 Å². The minimum absolute atomic E-state index is 0.0567. The van der Waals surface area contributed by atoms with E-state index in [2.05, 4.69) is 15.4 Å². The molecule has 92 valence electrons. The minimum Gasteiger partial charge on any atom is -0.439 e. The van der Waals surface area contributed by atoms with Crippen LogP contribution in [0.3, 0.4) is 0 Å². The number of anilines is 1. The van der Waals surface area contributed by atoms with Crippen LogP contribution in [-0.2, 0) is 0 Å². The molecule has 0 radical (unpaired) electrons. The predicted octanol–water partition coefficient (Wildman–Crippen LogP) is 1.46. The molecule has 2 rings (SSSR count). The smallest absolute Gasteiger partial charge is 0.273 e. The maximum absolute atomic E-state index is 10.6. The number of benzene rings is 1. The number of hydrazine groups is 1. The molecule has 1 aromatic heterocycles. The molecule has 0 spiro atoms. The molecule has 18 heavy (non-hydrogen) atoms. The van der Waals surface area contributed by atoms with E-state index >= 15 is 0 Å². The first-order valence-electron chi connectivity index (χ1n) is 4.91. The van der Waals surface area contributed by atoms with Gasteiger partial charge in [0.1, 0.15) is 5.75 Å². The van der Waals surface area contributed by atoms with Crippen LogP contribution >= 0.6 is 0 Å². The fourth-order valence-corrected chi connectivity index (χ4v) is 1.25. The first kappa shape index (κ1) is 11.7. The number of non-ortho nitro benzene ring substituents is 1. The van der Waals surface area contributed by atoms with Crippen LogP contribution in [0.15, 0.2) is 36.5 Å². The van der Waals surface area contributed by atoms with Crippen molar-refractivity contribution in [3.05, 3.63) is 46.6 Å². The molecule has 8 heteroatoms. The van der Waals surface area contributed by atoms with Crippen LogP contribution in [0.5, 0.6) is 11.6 Å². The Kier molecular flexibility index (Phi) is 3.30. The Morgan fingerprint density at radius 3 is 2.94 bits per heavy atom. The number of hydrogen-bond donors (Lipinski definition) is 2. The van der Waals surface area contributed by atoms with Crippen molar-refractivity contribution < 1.29 is 9.66 Å². The second-order valence-electron chi connectivity index (χ2n) is 3.22. The van der Waals surface area contributed by atoms with Gasteiger partial charge in [0.05, 0.1) is 11.0 Å². The summed E-state index contributed by atoms with van der Waals surface area (Å²) >= 11 is 0. The fourth-order valence-electron chi connectivity index (χ4n) is 1.25. The van der Waals surface area contributed by atoms with E-state index in [1.807, 2.05) is 0 Å². The number of nitrogen functional groups attached to an aromatic ring is 1. The summed E-state index contributed by atoms with van der Waals surface area (Å²) in [7, 11) is 0. The Hall–Kier alpha value is -2.74. The van der Waals surface area contributed by atoms with Crippen LogP contribution in [-0.4, -0.2) is 14.9 Å². The third-order valence-corrected chi connectivity index (χ3v) is 2.01. The van der Waals surface area contributed by atoms with Gasteiger partial charge in [-0.1, -0.05) is 6.07 Å². The van der Waals surface area contributed by atoms with Crippen LogP contribution in [0.25, 0.3) is 0 Å². The number of nitro benzene ring substituents is 1. The SMILES string of the molecule is NNc1nccc(Oc2cccc([N+](=O)[O-])c2)n1. The number of rotatable bonds is 4. The third-order valence-electron chi connectivity index (χ3n) is 2.01. The summed E-state index contributed by atoms with van der Waals surface area (Å²) in [6, 6.07) is 7.30. The van der Waals surface area contributed by atoms with Crippen molar-refractivity contribution in [2.75, 3.05) is 5.43 Å². The van der Waals surface area contributed by atoms with E-state index in [1.165, 1.54) is 30.5 Å². The number of nitrogens with zero attached hydrogens (tertiary/aromatic N) is 3. The van der Waals surface area contributed by atoms with Crippen molar-refractivity contribution in [3.63, 3.8) is 0 Å². The quantitative estimate of drug-likeness (QED) is 0.477. The molecule has 2 aromatic rings. The Morgan fingerprint density at radius 1 is 1.39 bits per heavy atom.